The zero-order valence-corrected chi connectivity index (χ0v) is 11.6. The average Bonchev–Trinajstić information content (AvgIpc) is 2.39. The van der Waals surface area contributed by atoms with Crippen molar-refractivity contribution >= 4 is 5.91 Å². The highest BCUT2D eigenvalue weighted by atomic mass is 16.2. The van der Waals surface area contributed by atoms with Crippen molar-refractivity contribution in [1.29, 1.82) is 0 Å². The lowest BCUT2D eigenvalue weighted by Crippen LogP contribution is -2.49. The van der Waals surface area contributed by atoms with Crippen LogP contribution in [-0.2, 0) is 4.79 Å². The smallest absolute Gasteiger partial charge is 0.219 e. The SMILES string of the molecule is CCC1=CC=CC(CN2CCN(C(C)=O)CC2)C1. The minimum atomic E-state index is 0.211. The summed E-state index contributed by atoms with van der Waals surface area (Å²) in [6.07, 6.45) is 9.17. The zero-order chi connectivity index (χ0) is 13.0. The number of allylic oxidation sites excluding steroid dienone is 3. The van der Waals surface area contributed by atoms with Crippen LogP contribution >= 0.6 is 0 Å². The average molecular weight is 248 g/mol. The van der Waals surface area contributed by atoms with Gasteiger partial charge in [-0.2, -0.15) is 0 Å². The summed E-state index contributed by atoms with van der Waals surface area (Å²) in [5.41, 5.74) is 1.56. The monoisotopic (exact) mass is 248 g/mol. The van der Waals surface area contributed by atoms with Gasteiger partial charge in [-0.15, -0.1) is 0 Å². The molecule has 1 fully saturated rings. The third-order valence-electron chi connectivity index (χ3n) is 4.00. The van der Waals surface area contributed by atoms with Crippen LogP contribution in [0.5, 0.6) is 0 Å². The van der Waals surface area contributed by atoms with Gasteiger partial charge < -0.3 is 4.90 Å². The first-order chi connectivity index (χ1) is 8.69. The van der Waals surface area contributed by atoms with Crippen LogP contribution in [0.2, 0.25) is 0 Å². The summed E-state index contributed by atoms with van der Waals surface area (Å²) < 4.78 is 0. The molecule has 0 aromatic heterocycles. The molecule has 1 aliphatic carbocycles. The minimum absolute atomic E-state index is 0.211. The Morgan fingerprint density at radius 3 is 2.67 bits per heavy atom. The van der Waals surface area contributed by atoms with E-state index in [2.05, 4.69) is 30.1 Å². The third kappa shape index (κ3) is 3.45. The van der Waals surface area contributed by atoms with Crippen molar-refractivity contribution in [3.05, 3.63) is 23.8 Å². The summed E-state index contributed by atoms with van der Waals surface area (Å²) in [5, 5.41) is 0. The molecule has 0 spiro atoms. The van der Waals surface area contributed by atoms with Crippen molar-refractivity contribution in [2.24, 2.45) is 5.92 Å². The van der Waals surface area contributed by atoms with Crippen molar-refractivity contribution in [2.75, 3.05) is 32.7 Å². The van der Waals surface area contributed by atoms with Crippen LogP contribution < -0.4 is 0 Å². The molecule has 100 valence electrons. The predicted molar refractivity (Wildman–Crippen MR) is 74.3 cm³/mol. The summed E-state index contributed by atoms with van der Waals surface area (Å²) in [5.74, 6) is 0.872. The maximum atomic E-state index is 11.3. The Morgan fingerprint density at radius 1 is 1.33 bits per heavy atom. The molecule has 2 rings (SSSR count). The Balaban J connectivity index is 1.77. The summed E-state index contributed by atoms with van der Waals surface area (Å²) in [7, 11) is 0. The number of amides is 1. The Kier molecular flexibility index (Phi) is 4.59. The summed E-state index contributed by atoms with van der Waals surface area (Å²) in [4.78, 5) is 15.7. The lowest BCUT2D eigenvalue weighted by atomic mass is 9.92. The fourth-order valence-electron chi connectivity index (χ4n) is 2.79. The molecular formula is C15H24N2O. The number of nitrogens with zero attached hydrogens (tertiary/aromatic N) is 2. The number of hydrogen-bond acceptors (Lipinski definition) is 2. The van der Waals surface area contributed by atoms with Gasteiger partial charge in [-0.25, -0.2) is 0 Å². The molecule has 1 atom stereocenters. The number of carbonyl (C=O) groups is 1. The molecule has 0 bridgehead atoms. The van der Waals surface area contributed by atoms with Crippen molar-refractivity contribution < 1.29 is 4.79 Å². The number of rotatable bonds is 3. The highest BCUT2D eigenvalue weighted by Crippen LogP contribution is 2.22. The molecule has 3 heteroatoms. The molecule has 0 radical (unpaired) electrons. The topological polar surface area (TPSA) is 23.6 Å². The molecule has 1 unspecified atom stereocenters. The van der Waals surface area contributed by atoms with Gasteiger partial charge in [-0.05, 0) is 18.8 Å². The maximum absolute atomic E-state index is 11.3. The van der Waals surface area contributed by atoms with Crippen LogP contribution in [0, 0.1) is 5.92 Å². The van der Waals surface area contributed by atoms with Crippen molar-refractivity contribution in [3.8, 4) is 0 Å². The lowest BCUT2D eigenvalue weighted by Gasteiger charge is -2.36. The molecule has 0 aromatic carbocycles. The van der Waals surface area contributed by atoms with Crippen molar-refractivity contribution in [1.82, 2.24) is 9.80 Å². The van der Waals surface area contributed by atoms with E-state index in [0.29, 0.717) is 5.92 Å². The van der Waals surface area contributed by atoms with Crippen LogP contribution in [0.3, 0.4) is 0 Å². The van der Waals surface area contributed by atoms with E-state index in [1.54, 1.807) is 12.5 Å². The van der Waals surface area contributed by atoms with E-state index in [9.17, 15) is 4.79 Å². The summed E-state index contributed by atoms with van der Waals surface area (Å²) >= 11 is 0. The van der Waals surface area contributed by atoms with Gasteiger partial charge in [0.05, 0.1) is 0 Å². The van der Waals surface area contributed by atoms with E-state index in [1.165, 1.54) is 12.8 Å². The van der Waals surface area contributed by atoms with Crippen molar-refractivity contribution in [3.63, 3.8) is 0 Å². The molecule has 0 aromatic rings. The fourth-order valence-corrected chi connectivity index (χ4v) is 2.79. The van der Waals surface area contributed by atoms with Gasteiger partial charge in [0.25, 0.3) is 0 Å². The first-order valence-electron chi connectivity index (χ1n) is 7.03. The molecule has 1 saturated heterocycles. The highest BCUT2D eigenvalue weighted by molar-refractivity contribution is 5.73. The Hall–Kier alpha value is -1.09. The molecule has 0 saturated carbocycles. The second-order valence-corrected chi connectivity index (χ2v) is 5.33. The Bertz CT molecular complexity index is 352. The van der Waals surface area contributed by atoms with Gasteiger partial charge >= 0.3 is 0 Å². The van der Waals surface area contributed by atoms with Crippen LogP contribution in [0.15, 0.2) is 23.8 Å². The molecule has 1 amide bonds. The number of carbonyl (C=O) groups excluding carboxylic acids is 1. The van der Waals surface area contributed by atoms with E-state index in [1.807, 2.05) is 4.90 Å². The highest BCUT2D eigenvalue weighted by Gasteiger charge is 2.21. The van der Waals surface area contributed by atoms with E-state index < -0.39 is 0 Å². The van der Waals surface area contributed by atoms with Crippen LogP contribution in [0.4, 0.5) is 0 Å². The Labute approximate surface area is 110 Å². The third-order valence-corrected chi connectivity index (χ3v) is 4.00. The standard InChI is InChI=1S/C15H24N2O/c1-3-14-5-4-6-15(11-14)12-16-7-9-17(10-8-16)13(2)18/h4-6,15H,3,7-12H2,1-2H3. The van der Waals surface area contributed by atoms with Crippen LogP contribution in [0.25, 0.3) is 0 Å². The summed E-state index contributed by atoms with van der Waals surface area (Å²) in [6, 6.07) is 0. The van der Waals surface area contributed by atoms with Crippen LogP contribution in [-0.4, -0.2) is 48.4 Å². The lowest BCUT2D eigenvalue weighted by molar-refractivity contribution is -0.130. The van der Waals surface area contributed by atoms with Gasteiger partial charge in [-0.1, -0.05) is 30.7 Å². The second-order valence-electron chi connectivity index (χ2n) is 5.33. The molecule has 0 N–H and O–H groups in total. The molecule has 18 heavy (non-hydrogen) atoms. The number of hydrogen-bond donors (Lipinski definition) is 0. The van der Waals surface area contributed by atoms with Crippen molar-refractivity contribution in [2.45, 2.75) is 26.7 Å². The molecule has 2 aliphatic rings. The zero-order valence-electron chi connectivity index (χ0n) is 11.6. The first kappa shape index (κ1) is 13.3. The molecular weight excluding hydrogens is 224 g/mol. The van der Waals surface area contributed by atoms with E-state index in [4.69, 9.17) is 0 Å². The maximum Gasteiger partial charge on any atom is 0.219 e. The minimum Gasteiger partial charge on any atom is -0.340 e. The van der Waals surface area contributed by atoms with Gasteiger partial charge in [0.1, 0.15) is 0 Å². The molecule has 1 heterocycles. The quantitative estimate of drug-likeness (QED) is 0.763. The molecule has 3 nitrogen and oxygen atoms in total. The van der Waals surface area contributed by atoms with Crippen LogP contribution in [0.1, 0.15) is 26.7 Å². The van der Waals surface area contributed by atoms with E-state index in [0.717, 1.165) is 32.7 Å². The fraction of sp³-hybridized carbons (Fsp3) is 0.667. The first-order valence-corrected chi connectivity index (χ1v) is 7.03. The van der Waals surface area contributed by atoms with E-state index >= 15 is 0 Å². The Morgan fingerprint density at radius 2 is 2.06 bits per heavy atom. The second kappa shape index (κ2) is 6.19. The molecule has 1 aliphatic heterocycles. The van der Waals surface area contributed by atoms with Gasteiger partial charge in [0.2, 0.25) is 5.91 Å². The largest absolute Gasteiger partial charge is 0.340 e. The predicted octanol–water partition coefficient (Wildman–Crippen LogP) is 2.06. The summed E-state index contributed by atoms with van der Waals surface area (Å²) in [6.45, 7) is 8.86. The van der Waals surface area contributed by atoms with Gasteiger partial charge in [0, 0.05) is 39.6 Å². The number of piperazine rings is 1. The van der Waals surface area contributed by atoms with E-state index in [-0.39, 0.29) is 5.91 Å². The van der Waals surface area contributed by atoms with Gasteiger partial charge in [0.15, 0.2) is 0 Å². The normalized spacial score (nSPS) is 25.1. The van der Waals surface area contributed by atoms with Gasteiger partial charge in [-0.3, -0.25) is 9.69 Å².